The Kier molecular flexibility index (Phi) is 12.7. The van der Waals surface area contributed by atoms with Gasteiger partial charge in [0.15, 0.2) is 0 Å². The molecule has 0 saturated heterocycles. The molecule has 0 aromatic heterocycles. The first-order chi connectivity index (χ1) is 31.1. The molecule has 0 bridgehead atoms. The monoisotopic (exact) mass is 926 g/mol. The molecule has 1 unspecified atom stereocenters. The minimum atomic E-state index is -4.06. The predicted octanol–water partition coefficient (Wildman–Crippen LogP) is 11.7. The molecule has 1 aliphatic carbocycles. The van der Waals surface area contributed by atoms with E-state index < -0.39 is 29.5 Å². The fourth-order valence-corrected chi connectivity index (χ4v) is 11.6. The Morgan fingerprint density at radius 3 is 1.29 bits per heavy atom. The van der Waals surface area contributed by atoms with Gasteiger partial charge in [0.2, 0.25) is 29.5 Å². The lowest BCUT2D eigenvalue weighted by Crippen LogP contribution is -2.04. The molecule has 1 saturated carbocycles. The van der Waals surface area contributed by atoms with Gasteiger partial charge in [-0.05, 0) is 178 Å². The van der Waals surface area contributed by atoms with Crippen molar-refractivity contribution in [1.82, 2.24) is 0 Å². The summed E-state index contributed by atoms with van der Waals surface area (Å²) in [5, 5.41) is 0. The summed E-state index contributed by atoms with van der Waals surface area (Å²) in [7, 11) is -8.59. The van der Waals surface area contributed by atoms with Crippen molar-refractivity contribution in [1.29, 1.82) is 0 Å². The van der Waals surface area contributed by atoms with E-state index in [2.05, 4.69) is 6.58 Å². The van der Waals surface area contributed by atoms with E-state index in [9.17, 15) is 25.3 Å². The van der Waals surface area contributed by atoms with Crippen molar-refractivity contribution in [3.8, 4) is 45.6 Å². The third-order valence-electron chi connectivity index (χ3n) is 11.5. The van der Waals surface area contributed by atoms with E-state index >= 15 is 0 Å². The molecule has 0 heterocycles. The summed E-state index contributed by atoms with van der Waals surface area (Å²) >= 11 is 0. The predicted molar refractivity (Wildman–Crippen MR) is 249 cm³/mol. The van der Waals surface area contributed by atoms with Crippen molar-refractivity contribution in [3.05, 3.63) is 181 Å². The van der Waals surface area contributed by atoms with Crippen LogP contribution in [0.25, 0.3) is 11.1 Å². The molecule has 7 aromatic rings. The van der Waals surface area contributed by atoms with Gasteiger partial charge in [0.05, 0.1) is 43.6 Å². The largest absolute Gasteiger partial charge is 0.496 e. The van der Waals surface area contributed by atoms with Crippen LogP contribution in [0.5, 0.6) is 34.5 Å². The van der Waals surface area contributed by atoms with Gasteiger partial charge in [-0.25, -0.2) is 25.3 Å². The second-order valence-corrected chi connectivity index (χ2v) is 21.6. The number of ether oxygens (including phenoxy) is 4. The number of allylic oxidation sites excluding steroid dienone is 1. The Hall–Kier alpha value is -6.67. The maximum atomic E-state index is 14.1. The van der Waals surface area contributed by atoms with Crippen molar-refractivity contribution < 1.29 is 44.2 Å². The van der Waals surface area contributed by atoms with E-state index in [0.29, 0.717) is 51.5 Å². The van der Waals surface area contributed by atoms with E-state index in [-0.39, 0.29) is 29.4 Å². The molecule has 0 aliphatic heterocycles. The number of hydrogen-bond donors (Lipinski definition) is 0. The van der Waals surface area contributed by atoms with Crippen LogP contribution in [0.3, 0.4) is 0 Å². The molecule has 0 N–H and O–H groups in total. The molecule has 1 fully saturated rings. The average molecular weight is 927 g/mol. The van der Waals surface area contributed by atoms with Crippen molar-refractivity contribution in [2.24, 2.45) is 5.92 Å². The van der Waals surface area contributed by atoms with Gasteiger partial charge in [-0.1, -0.05) is 42.0 Å². The molecule has 8 rings (SSSR count). The Labute approximate surface area is 380 Å². The standard InChI is InChI=1S/C52H46O10S3/c1-35-8-19-43(20-9-35)63(53,54)45-25-16-41(17-26-45)62-42-18-30-51(59-3)49(33-42)50-34-48(29-31-52(50)60-4)65(57,58)47-27-14-40(15-28-47)61-39-12-23-46(24-13-39)64(55,56)44-21-10-37(11-22-44)32-38-7-5-6-36(38)2/h8-31,33-34,38H,2,5-7,32H2,1,3-4H3. The highest BCUT2D eigenvalue weighted by Gasteiger charge is 2.24. The van der Waals surface area contributed by atoms with Gasteiger partial charge in [-0.2, -0.15) is 0 Å². The summed E-state index contributed by atoms with van der Waals surface area (Å²) in [5.74, 6) is 2.72. The Bertz CT molecular complexity index is 3200. The zero-order chi connectivity index (χ0) is 45.9. The summed E-state index contributed by atoms with van der Waals surface area (Å²) in [6.07, 6.45) is 4.17. The molecule has 65 heavy (non-hydrogen) atoms. The van der Waals surface area contributed by atoms with Crippen molar-refractivity contribution in [3.63, 3.8) is 0 Å². The normalized spacial score (nSPS) is 14.2. The van der Waals surface area contributed by atoms with E-state index in [0.717, 1.165) is 36.8 Å². The summed E-state index contributed by atoms with van der Waals surface area (Å²) < 4.78 is 105. The van der Waals surface area contributed by atoms with E-state index in [1.165, 1.54) is 80.5 Å². The fraction of sp³-hybridized carbons (Fsp3) is 0.154. The maximum absolute atomic E-state index is 14.1. The fourth-order valence-electron chi connectivity index (χ4n) is 7.80. The van der Waals surface area contributed by atoms with Crippen LogP contribution in [0.1, 0.15) is 30.4 Å². The highest BCUT2D eigenvalue weighted by molar-refractivity contribution is 7.92. The van der Waals surface area contributed by atoms with Crippen LogP contribution in [-0.2, 0) is 35.9 Å². The van der Waals surface area contributed by atoms with E-state index in [1.54, 1.807) is 84.9 Å². The summed E-state index contributed by atoms with van der Waals surface area (Å²) in [6.45, 7) is 6.07. The lowest BCUT2D eigenvalue weighted by molar-refractivity contribution is 0.409. The Balaban J connectivity index is 0.966. The van der Waals surface area contributed by atoms with Crippen LogP contribution in [0, 0.1) is 12.8 Å². The third kappa shape index (κ3) is 9.58. The SMILES string of the molecule is C=C1CCCC1Cc1ccc(S(=O)(=O)c2ccc(Oc3ccc(S(=O)(=O)c4ccc(OC)c(-c5cc(Oc6ccc(S(=O)(=O)c7ccc(C)cc7)cc6)ccc5OC)c4)cc3)cc2)cc1. The van der Waals surface area contributed by atoms with Crippen LogP contribution >= 0.6 is 0 Å². The van der Waals surface area contributed by atoms with Gasteiger partial charge in [-0.15, -0.1) is 0 Å². The highest BCUT2D eigenvalue weighted by atomic mass is 32.2. The summed E-state index contributed by atoms with van der Waals surface area (Å²) in [4.78, 5) is 0.642. The number of hydrogen-bond acceptors (Lipinski definition) is 10. The zero-order valence-electron chi connectivity index (χ0n) is 35.9. The first-order valence-electron chi connectivity index (χ1n) is 20.8. The average Bonchev–Trinajstić information content (AvgIpc) is 3.72. The first-order valence-corrected chi connectivity index (χ1v) is 25.2. The molecule has 10 nitrogen and oxygen atoms in total. The lowest BCUT2D eigenvalue weighted by Gasteiger charge is -2.16. The minimum Gasteiger partial charge on any atom is -0.496 e. The Morgan fingerprint density at radius 2 is 0.846 bits per heavy atom. The summed E-state index contributed by atoms with van der Waals surface area (Å²) in [5.41, 5.74) is 4.20. The number of methoxy groups -OCH3 is 2. The van der Waals surface area contributed by atoms with Gasteiger partial charge < -0.3 is 18.9 Å². The zero-order valence-corrected chi connectivity index (χ0v) is 38.4. The topological polar surface area (TPSA) is 139 Å². The number of sulfone groups is 3. The number of aryl methyl sites for hydroxylation is 1. The number of rotatable bonds is 15. The third-order valence-corrected chi connectivity index (χ3v) is 16.8. The van der Waals surface area contributed by atoms with Crippen molar-refractivity contribution in [2.75, 3.05) is 14.2 Å². The van der Waals surface area contributed by atoms with E-state index in [4.69, 9.17) is 18.9 Å². The molecule has 0 amide bonds. The molecular formula is C52H46O10S3. The Morgan fingerprint density at radius 1 is 0.477 bits per heavy atom. The van der Waals surface area contributed by atoms with Crippen molar-refractivity contribution >= 4 is 29.5 Å². The first kappa shape index (κ1) is 44.9. The molecule has 332 valence electrons. The van der Waals surface area contributed by atoms with Gasteiger partial charge >= 0.3 is 0 Å². The van der Waals surface area contributed by atoms with Gasteiger partial charge in [0.1, 0.15) is 34.5 Å². The van der Waals surface area contributed by atoms with Crippen LogP contribution in [-0.4, -0.2) is 39.5 Å². The molecule has 13 heteroatoms. The highest BCUT2D eigenvalue weighted by Crippen LogP contribution is 2.42. The summed E-state index contributed by atoms with van der Waals surface area (Å²) in [6, 6.07) is 41.3. The molecule has 1 atom stereocenters. The van der Waals surface area contributed by atoms with Crippen LogP contribution in [0.4, 0.5) is 0 Å². The van der Waals surface area contributed by atoms with Crippen LogP contribution in [0.15, 0.2) is 199 Å². The van der Waals surface area contributed by atoms with Gasteiger partial charge in [-0.3, -0.25) is 0 Å². The van der Waals surface area contributed by atoms with Crippen LogP contribution < -0.4 is 18.9 Å². The van der Waals surface area contributed by atoms with Gasteiger partial charge in [0, 0.05) is 11.1 Å². The molecule has 0 radical (unpaired) electrons. The minimum absolute atomic E-state index is 0.00753. The smallest absolute Gasteiger partial charge is 0.206 e. The van der Waals surface area contributed by atoms with E-state index in [1.807, 2.05) is 19.1 Å². The van der Waals surface area contributed by atoms with Crippen LogP contribution in [0.2, 0.25) is 0 Å². The quantitative estimate of drug-likeness (QED) is 0.0913. The lowest BCUT2D eigenvalue weighted by atomic mass is 9.95. The maximum Gasteiger partial charge on any atom is 0.206 e. The number of benzene rings is 7. The molecule has 7 aromatic carbocycles. The second-order valence-electron chi connectivity index (χ2n) is 15.8. The molecular weight excluding hydrogens is 881 g/mol. The van der Waals surface area contributed by atoms with Gasteiger partial charge in [0.25, 0.3) is 0 Å². The second kappa shape index (κ2) is 18.4. The molecule has 0 spiro atoms. The van der Waals surface area contributed by atoms with Crippen molar-refractivity contribution in [2.45, 2.75) is 62.0 Å². The molecule has 1 aliphatic rings.